The molecule has 0 radical (unpaired) electrons. The van der Waals surface area contributed by atoms with Crippen LogP contribution in [0.4, 0.5) is 0 Å². The van der Waals surface area contributed by atoms with Crippen molar-refractivity contribution in [1.29, 1.82) is 5.41 Å². The molecule has 5 heteroatoms. The molecule has 0 saturated carbocycles. The molecule has 0 spiro atoms. The molecule has 0 unspecified atom stereocenters. The zero-order valence-electron chi connectivity index (χ0n) is 8.47. The second-order valence-corrected chi connectivity index (χ2v) is 3.52. The number of nitrogens with one attached hydrogen (secondary N) is 1. The smallest absolute Gasteiger partial charge is 0.323 e. The minimum absolute atomic E-state index is 0.0232. The molecule has 1 aromatic heterocycles. The molecular weight excluding hydrogens is 206 g/mol. The quantitative estimate of drug-likeness (QED) is 0.529. The predicted octanol–water partition coefficient (Wildman–Crippen LogP) is 1.01. The van der Waals surface area contributed by atoms with E-state index in [1.807, 2.05) is 12.1 Å². The van der Waals surface area contributed by atoms with Gasteiger partial charge in [0.1, 0.15) is 12.4 Å². The van der Waals surface area contributed by atoms with Crippen molar-refractivity contribution in [1.82, 2.24) is 4.57 Å². The number of fused-ring (bicyclic) bond motifs is 1. The number of hydrogen-bond acceptors (Lipinski definition) is 2. The molecule has 2 rings (SSSR count). The Bertz CT molecular complexity index is 572. The molecule has 0 atom stereocenters. The molecule has 0 bridgehead atoms. The summed E-state index contributed by atoms with van der Waals surface area (Å²) in [7, 11) is 0. The Labute approximate surface area is 91.6 Å². The fourth-order valence-corrected chi connectivity index (χ4v) is 1.64. The number of hydrogen-bond donors (Lipinski definition) is 3. The Morgan fingerprint density at radius 2 is 2.19 bits per heavy atom. The van der Waals surface area contributed by atoms with Gasteiger partial charge in [-0.05, 0) is 17.5 Å². The maximum atomic E-state index is 10.6. The molecule has 5 nitrogen and oxygen atoms in total. The molecule has 1 aromatic carbocycles. The molecule has 0 saturated heterocycles. The SMILES string of the molecule is N=C(N)c1ccc2ccn(CC(=O)O)c2c1. The van der Waals surface area contributed by atoms with Crippen molar-refractivity contribution >= 4 is 22.7 Å². The van der Waals surface area contributed by atoms with E-state index < -0.39 is 5.97 Å². The summed E-state index contributed by atoms with van der Waals surface area (Å²) in [6.45, 7) is -0.0924. The normalized spacial score (nSPS) is 10.5. The van der Waals surface area contributed by atoms with Crippen molar-refractivity contribution in [3.05, 3.63) is 36.0 Å². The number of nitrogens with zero attached hydrogens (tertiary/aromatic N) is 1. The molecule has 0 fully saturated rings. The summed E-state index contributed by atoms with van der Waals surface area (Å²) in [5, 5.41) is 17.0. The summed E-state index contributed by atoms with van der Waals surface area (Å²) in [5.41, 5.74) is 6.75. The van der Waals surface area contributed by atoms with Crippen LogP contribution in [0.2, 0.25) is 0 Å². The highest BCUT2D eigenvalue weighted by Crippen LogP contribution is 2.17. The third-order valence-electron chi connectivity index (χ3n) is 2.39. The topological polar surface area (TPSA) is 92.1 Å². The van der Waals surface area contributed by atoms with E-state index in [4.69, 9.17) is 16.2 Å². The Morgan fingerprint density at radius 1 is 1.44 bits per heavy atom. The van der Waals surface area contributed by atoms with E-state index in [1.54, 1.807) is 22.9 Å². The van der Waals surface area contributed by atoms with Crippen molar-refractivity contribution in [3.8, 4) is 0 Å². The van der Waals surface area contributed by atoms with Gasteiger partial charge in [0, 0.05) is 17.3 Å². The van der Waals surface area contributed by atoms with Gasteiger partial charge in [-0.2, -0.15) is 0 Å². The maximum Gasteiger partial charge on any atom is 0.323 e. The first kappa shape index (κ1) is 10.2. The number of carbonyl (C=O) groups is 1. The zero-order chi connectivity index (χ0) is 11.7. The molecule has 2 aromatic rings. The fourth-order valence-electron chi connectivity index (χ4n) is 1.64. The average molecular weight is 217 g/mol. The number of amidine groups is 1. The molecule has 0 aliphatic heterocycles. The van der Waals surface area contributed by atoms with E-state index >= 15 is 0 Å². The lowest BCUT2D eigenvalue weighted by Crippen LogP contribution is -2.11. The van der Waals surface area contributed by atoms with Gasteiger partial charge in [-0.15, -0.1) is 0 Å². The van der Waals surface area contributed by atoms with E-state index in [0.29, 0.717) is 5.56 Å². The van der Waals surface area contributed by atoms with Gasteiger partial charge in [0.25, 0.3) is 0 Å². The van der Waals surface area contributed by atoms with Crippen molar-refractivity contribution in [2.75, 3.05) is 0 Å². The first-order valence-corrected chi connectivity index (χ1v) is 4.73. The van der Waals surface area contributed by atoms with Crippen LogP contribution in [0, 0.1) is 5.41 Å². The largest absolute Gasteiger partial charge is 0.480 e. The average Bonchev–Trinajstić information content (AvgIpc) is 2.60. The van der Waals surface area contributed by atoms with Crippen LogP contribution in [0.25, 0.3) is 10.9 Å². The van der Waals surface area contributed by atoms with Crippen LogP contribution in [0.5, 0.6) is 0 Å². The van der Waals surface area contributed by atoms with Gasteiger partial charge in [-0.25, -0.2) is 0 Å². The summed E-state index contributed by atoms with van der Waals surface area (Å²) < 4.78 is 1.62. The number of aliphatic carboxylic acids is 1. The molecule has 0 aliphatic carbocycles. The van der Waals surface area contributed by atoms with Gasteiger partial charge in [0.05, 0.1) is 0 Å². The second kappa shape index (κ2) is 3.69. The van der Waals surface area contributed by atoms with Crippen LogP contribution in [-0.2, 0) is 11.3 Å². The van der Waals surface area contributed by atoms with E-state index in [-0.39, 0.29) is 12.4 Å². The highest BCUT2D eigenvalue weighted by molar-refractivity contribution is 5.98. The third kappa shape index (κ3) is 1.75. The number of carboxylic acid groups (broad SMARTS) is 1. The zero-order valence-corrected chi connectivity index (χ0v) is 8.47. The van der Waals surface area contributed by atoms with E-state index in [2.05, 4.69) is 0 Å². The second-order valence-electron chi connectivity index (χ2n) is 3.52. The van der Waals surface area contributed by atoms with Crippen LogP contribution in [0.3, 0.4) is 0 Å². The van der Waals surface area contributed by atoms with Crippen molar-refractivity contribution in [3.63, 3.8) is 0 Å². The van der Waals surface area contributed by atoms with E-state index in [9.17, 15) is 4.79 Å². The molecule has 82 valence electrons. The molecule has 1 heterocycles. The van der Waals surface area contributed by atoms with Gasteiger partial charge in [-0.3, -0.25) is 10.2 Å². The summed E-state index contributed by atoms with van der Waals surface area (Å²) in [6, 6.07) is 7.13. The van der Waals surface area contributed by atoms with Gasteiger partial charge in [0.15, 0.2) is 0 Å². The summed E-state index contributed by atoms with van der Waals surface area (Å²) >= 11 is 0. The number of carboxylic acids is 1. The standard InChI is InChI=1S/C11H11N3O2/c12-11(13)8-2-1-7-3-4-14(6-10(15)16)9(7)5-8/h1-5H,6H2,(H3,12,13)(H,15,16). The minimum Gasteiger partial charge on any atom is -0.480 e. The molecular formula is C11H11N3O2. The number of rotatable bonds is 3. The first-order valence-electron chi connectivity index (χ1n) is 4.73. The Hall–Kier alpha value is -2.30. The highest BCUT2D eigenvalue weighted by Gasteiger charge is 2.06. The minimum atomic E-state index is -0.897. The summed E-state index contributed by atoms with van der Waals surface area (Å²) in [5.74, 6) is -0.921. The van der Waals surface area contributed by atoms with Crippen LogP contribution >= 0.6 is 0 Å². The molecule has 0 aliphatic rings. The third-order valence-corrected chi connectivity index (χ3v) is 2.39. The lowest BCUT2D eigenvalue weighted by Gasteiger charge is -2.03. The summed E-state index contributed by atoms with van der Waals surface area (Å²) in [4.78, 5) is 10.6. The maximum absolute atomic E-state index is 10.6. The number of nitrogens with two attached hydrogens (primary N) is 1. The lowest BCUT2D eigenvalue weighted by atomic mass is 10.1. The lowest BCUT2D eigenvalue weighted by molar-refractivity contribution is -0.137. The van der Waals surface area contributed by atoms with Gasteiger partial charge >= 0.3 is 5.97 Å². The Kier molecular flexibility index (Phi) is 2.36. The van der Waals surface area contributed by atoms with Crippen LogP contribution in [0.1, 0.15) is 5.56 Å². The van der Waals surface area contributed by atoms with Crippen LogP contribution in [-0.4, -0.2) is 21.5 Å². The van der Waals surface area contributed by atoms with Crippen LogP contribution in [0.15, 0.2) is 30.5 Å². The Balaban J connectivity index is 2.55. The van der Waals surface area contributed by atoms with E-state index in [1.165, 1.54) is 0 Å². The van der Waals surface area contributed by atoms with Crippen molar-refractivity contribution in [2.45, 2.75) is 6.54 Å². The van der Waals surface area contributed by atoms with Crippen molar-refractivity contribution < 1.29 is 9.90 Å². The number of aromatic nitrogens is 1. The van der Waals surface area contributed by atoms with Gasteiger partial charge in [0.2, 0.25) is 0 Å². The molecule has 0 amide bonds. The predicted molar refractivity (Wildman–Crippen MR) is 60.6 cm³/mol. The first-order chi connectivity index (χ1) is 7.58. The number of nitrogen functional groups attached to an aromatic ring is 1. The van der Waals surface area contributed by atoms with Gasteiger partial charge < -0.3 is 15.4 Å². The Morgan fingerprint density at radius 3 is 2.81 bits per heavy atom. The molecule has 16 heavy (non-hydrogen) atoms. The monoisotopic (exact) mass is 217 g/mol. The van der Waals surface area contributed by atoms with Gasteiger partial charge in [-0.1, -0.05) is 12.1 Å². The van der Waals surface area contributed by atoms with Crippen LogP contribution < -0.4 is 5.73 Å². The fraction of sp³-hybridized carbons (Fsp3) is 0.0909. The van der Waals surface area contributed by atoms with Crippen molar-refractivity contribution in [2.24, 2.45) is 5.73 Å². The number of benzene rings is 1. The molecule has 4 N–H and O–H groups in total. The van der Waals surface area contributed by atoms with E-state index in [0.717, 1.165) is 10.9 Å². The summed E-state index contributed by atoms with van der Waals surface area (Å²) in [6.07, 6.45) is 1.71. The highest BCUT2D eigenvalue weighted by atomic mass is 16.4.